The largest absolute Gasteiger partial charge is 0.409 e. The molecule has 0 spiro atoms. The summed E-state index contributed by atoms with van der Waals surface area (Å²) in [5.41, 5.74) is 2.76. The lowest BCUT2D eigenvalue weighted by Gasteiger charge is -2.00. The second kappa shape index (κ2) is 4.35. The van der Waals surface area contributed by atoms with E-state index >= 15 is 0 Å². The molecule has 0 amide bonds. The number of nitrogens with zero attached hydrogens (tertiary/aromatic N) is 1. The summed E-state index contributed by atoms with van der Waals surface area (Å²) in [4.78, 5) is 0. The number of hydrogen-bond donors (Lipinski definition) is 3. The van der Waals surface area contributed by atoms with E-state index in [1.807, 2.05) is 30.3 Å². The number of oxime groups is 1. The van der Waals surface area contributed by atoms with Crippen molar-refractivity contribution in [3.05, 3.63) is 35.9 Å². The quantitative estimate of drug-likeness (QED) is 0.266. The first kappa shape index (κ1) is 8.55. The van der Waals surface area contributed by atoms with Crippen LogP contribution in [0.25, 0.3) is 0 Å². The monoisotopic (exact) mass is 166 g/mol. The molecule has 0 saturated heterocycles. The molecule has 1 aromatic carbocycles. The predicted octanol–water partition coefficient (Wildman–Crippen LogP) is 0.996. The second-order valence-electron chi connectivity index (χ2n) is 2.32. The van der Waals surface area contributed by atoms with Crippen molar-refractivity contribution in [1.29, 1.82) is 0 Å². The summed E-state index contributed by atoms with van der Waals surface area (Å²) in [6.07, 6.45) is 0.383. The molecule has 3 N–H and O–H groups in total. The molecule has 0 aromatic heterocycles. The summed E-state index contributed by atoms with van der Waals surface area (Å²) >= 11 is 0. The van der Waals surface area contributed by atoms with Crippen molar-refractivity contribution in [1.82, 2.24) is 5.48 Å². The Kier molecular flexibility index (Phi) is 3.10. The fourth-order valence-electron chi connectivity index (χ4n) is 0.886. The van der Waals surface area contributed by atoms with Gasteiger partial charge >= 0.3 is 0 Å². The van der Waals surface area contributed by atoms with Gasteiger partial charge in [0.2, 0.25) is 0 Å². The van der Waals surface area contributed by atoms with Crippen LogP contribution in [0.15, 0.2) is 35.5 Å². The van der Waals surface area contributed by atoms with Crippen molar-refractivity contribution in [2.45, 2.75) is 6.42 Å². The van der Waals surface area contributed by atoms with Crippen LogP contribution >= 0.6 is 0 Å². The normalized spacial score (nSPS) is 11.2. The molecule has 4 nitrogen and oxygen atoms in total. The Hall–Kier alpha value is -1.55. The molecule has 0 bridgehead atoms. The summed E-state index contributed by atoms with van der Waals surface area (Å²) in [5, 5.41) is 19.7. The third kappa shape index (κ3) is 2.25. The Morgan fingerprint density at radius 1 is 1.33 bits per heavy atom. The first-order chi connectivity index (χ1) is 5.86. The van der Waals surface area contributed by atoms with Gasteiger partial charge in [-0.15, -0.1) is 0 Å². The van der Waals surface area contributed by atoms with Crippen LogP contribution in [0, 0.1) is 0 Å². The second-order valence-corrected chi connectivity index (χ2v) is 2.32. The van der Waals surface area contributed by atoms with Crippen LogP contribution in [-0.2, 0) is 6.42 Å². The highest BCUT2D eigenvalue weighted by Crippen LogP contribution is 1.99. The van der Waals surface area contributed by atoms with Crippen LogP contribution in [0.5, 0.6) is 0 Å². The number of hydroxylamine groups is 1. The molecule has 0 fully saturated rings. The molecule has 0 atom stereocenters. The molecule has 1 rings (SSSR count). The SMILES string of the molecule is ON=C(Cc1ccccc1)NO. The molecular formula is C8H10N2O2. The van der Waals surface area contributed by atoms with Gasteiger partial charge in [0.15, 0.2) is 5.84 Å². The Balaban J connectivity index is 2.64. The molecule has 0 unspecified atom stereocenters. The molecule has 0 saturated carbocycles. The summed E-state index contributed by atoms with van der Waals surface area (Å²) in [6, 6.07) is 9.40. The first-order valence-corrected chi connectivity index (χ1v) is 3.52. The van der Waals surface area contributed by atoms with Gasteiger partial charge in [0.1, 0.15) is 0 Å². The lowest BCUT2D eigenvalue weighted by atomic mass is 10.1. The number of benzene rings is 1. The Morgan fingerprint density at radius 2 is 2.00 bits per heavy atom. The molecule has 4 heteroatoms. The van der Waals surface area contributed by atoms with Crippen LogP contribution in [0.2, 0.25) is 0 Å². The van der Waals surface area contributed by atoms with Gasteiger partial charge in [-0.1, -0.05) is 35.5 Å². The van der Waals surface area contributed by atoms with Gasteiger partial charge in [-0.05, 0) is 5.56 Å². The van der Waals surface area contributed by atoms with Gasteiger partial charge in [0.05, 0.1) is 0 Å². The third-order valence-corrected chi connectivity index (χ3v) is 1.46. The van der Waals surface area contributed by atoms with Crippen molar-refractivity contribution in [3.8, 4) is 0 Å². The molecule has 0 heterocycles. The smallest absolute Gasteiger partial charge is 0.169 e. The lowest BCUT2D eigenvalue weighted by molar-refractivity contribution is 0.220. The van der Waals surface area contributed by atoms with Gasteiger partial charge in [-0.3, -0.25) is 10.7 Å². The molecule has 0 aliphatic carbocycles. The van der Waals surface area contributed by atoms with Crippen LogP contribution < -0.4 is 5.48 Å². The van der Waals surface area contributed by atoms with Gasteiger partial charge in [-0.25, -0.2) is 0 Å². The minimum Gasteiger partial charge on any atom is -0.409 e. The Bertz CT molecular complexity index is 259. The van der Waals surface area contributed by atoms with E-state index in [4.69, 9.17) is 10.4 Å². The maximum Gasteiger partial charge on any atom is 0.169 e. The zero-order valence-electron chi connectivity index (χ0n) is 6.44. The fourth-order valence-corrected chi connectivity index (χ4v) is 0.886. The number of nitrogens with one attached hydrogen (secondary N) is 1. The first-order valence-electron chi connectivity index (χ1n) is 3.52. The van der Waals surface area contributed by atoms with Gasteiger partial charge in [0.25, 0.3) is 0 Å². The molecule has 0 aliphatic heterocycles. The van der Waals surface area contributed by atoms with Crippen molar-refractivity contribution in [2.75, 3.05) is 0 Å². The fraction of sp³-hybridized carbons (Fsp3) is 0.125. The summed E-state index contributed by atoms with van der Waals surface area (Å²) in [6.45, 7) is 0. The third-order valence-electron chi connectivity index (χ3n) is 1.46. The van der Waals surface area contributed by atoms with E-state index in [-0.39, 0.29) is 5.84 Å². The lowest BCUT2D eigenvalue weighted by Crippen LogP contribution is -2.21. The van der Waals surface area contributed by atoms with Crippen molar-refractivity contribution in [3.63, 3.8) is 0 Å². The van der Waals surface area contributed by atoms with Gasteiger partial charge < -0.3 is 5.21 Å². The average molecular weight is 166 g/mol. The molecule has 1 aromatic rings. The van der Waals surface area contributed by atoms with E-state index in [1.54, 1.807) is 5.48 Å². The number of hydrogen-bond acceptors (Lipinski definition) is 3. The molecule has 64 valence electrons. The maximum absolute atomic E-state index is 8.45. The molecule has 0 radical (unpaired) electrons. The van der Waals surface area contributed by atoms with E-state index in [0.717, 1.165) is 5.56 Å². The van der Waals surface area contributed by atoms with Crippen LogP contribution in [0.4, 0.5) is 0 Å². The maximum atomic E-state index is 8.45. The standard InChI is InChI=1S/C8H10N2O2/c11-9-8(10-12)6-7-4-2-1-3-5-7/h1-5,11-12H,6H2,(H,9,10). The zero-order valence-corrected chi connectivity index (χ0v) is 6.44. The highest BCUT2D eigenvalue weighted by Gasteiger charge is 1.98. The van der Waals surface area contributed by atoms with Gasteiger partial charge in [-0.2, -0.15) is 0 Å². The number of amidine groups is 1. The summed E-state index contributed by atoms with van der Waals surface area (Å²) in [5.74, 6) is 0.126. The van der Waals surface area contributed by atoms with Crippen LogP contribution in [0.1, 0.15) is 5.56 Å². The summed E-state index contributed by atoms with van der Waals surface area (Å²) < 4.78 is 0. The molecule has 12 heavy (non-hydrogen) atoms. The van der Waals surface area contributed by atoms with E-state index in [0.29, 0.717) is 6.42 Å². The van der Waals surface area contributed by atoms with Crippen molar-refractivity contribution < 1.29 is 10.4 Å². The van der Waals surface area contributed by atoms with Gasteiger partial charge in [0, 0.05) is 6.42 Å². The zero-order chi connectivity index (χ0) is 8.81. The molecular weight excluding hydrogens is 156 g/mol. The molecule has 0 aliphatic rings. The van der Waals surface area contributed by atoms with E-state index in [9.17, 15) is 0 Å². The minimum atomic E-state index is 0.126. The van der Waals surface area contributed by atoms with Crippen LogP contribution in [0.3, 0.4) is 0 Å². The Morgan fingerprint density at radius 3 is 2.50 bits per heavy atom. The van der Waals surface area contributed by atoms with Crippen molar-refractivity contribution in [2.24, 2.45) is 5.16 Å². The van der Waals surface area contributed by atoms with Crippen molar-refractivity contribution >= 4 is 5.84 Å². The number of rotatable bonds is 2. The highest BCUT2D eigenvalue weighted by atomic mass is 16.5. The Labute approximate surface area is 70.1 Å². The highest BCUT2D eigenvalue weighted by molar-refractivity contribution is 5.82. The predicted molar refractivity (Wildman–Crippen MR) is 44.3 cm³/mol. The average Bonchev–Trinajstić information content (AvgIpc) is 2.16. The van der Waals surface area contributed by atoms with E-state index in [1.165, 1.54) is 0 Å². The topological polar surface area (TPSA) is 64.9 Å². The van der Waals surface area contributed by atoms with Crippen LogP contribution in [-0.4, -0.2) is 16.3 Å². The summed E-state index contributed by atoms with van der Waals surface area (Å²) in [7, 11) is 0. The minimum absolute atomic E-state index is 0.126. The van der Waals surface area contributed by atoms with E-state index in [2.05, 4.69) is 5.16 Å². The van der Waals surface area contributed by atoms with E-state index < -0.39 is 0 Å².